The van der Waals surface area contributed by atoms with Gasteiger partial charge in [-0.15, -0.1) is 0 Å². The molecule has 2 aliphatic heterocycles. The minimum absolute atomic E-state index is 0.0608. The van der Waals surface area contributed by atoms with Crippen molar-refractivity contribution in [3.63, 3.8) is 0 Å². The van der Waals surface area contributed by atoms with Crippen molar-refractivity contribution < 1.29 is 13.9 Å². The molecular formula is C16H22FNO2S. The quantitative estimate of drug-likeness (QED) is 0.922. The van der Waals surface area contributed by atoms with Crippen LogP contribution in [0.2, 0.25) is 0 Å². The number of hydrogen-bond donors (Lipinski definition) is 1. The van der Waals surface area contributed by atoms with Crippen LogP contribution < -0.4 is 10.1 Å². The average molecular weight is 311 g/mol. The van der Waals surface area contributed by atoms with Crippen LogP contribution in [0.1, 0.15) is 25.7 Å². The maximum Gasteiger partial charge on any atom is 0.165 e. The van der Waals surface area contributed by atoms with E-state index in [0.717, 1.165) is 38.0 Å². The molecule has 0 saturated carbocycles. The van der Waals surface area contributed by atoms with Crippen molar-refractivity contribution in [2.45, 2.75) is 37.3 Å². The summed E-state index contributed by atoms with van der Waals surface area (Å²) in [5.74, 6) is 2.35. The topological polar surface area (TPSA) is 30.5 Å². The van der Waals surface area contributed by atoms with Gasteiger partial charge < -0.3 is 14.8 Å². The Labute approximate surface area is 129 Å². The summed E-state index contributed by atoms with van der Waals surface area (Å²) in [5.41, 5.74) is 0.978. The lowest BCUT2D eigenvalue weighted by Gasteiger charge is -2.43. The number of benzene rings is 1. The molecule has 2 fully saturated rings. The fourth-order valence-corrected chi connectivity index (χ4v) is 4.46. The fourth-order valence-electron chi connectivity index (χ4n) is 3.23. The first kappa shape index (κ1) is 15.0. The van der Waals surface area contributed by atoms with Gasteiger partial charge in [0.2, 0.25) is 0 Å². The first-order chi connectivity index (χ1) is 10.2. The molecule has 116 valence electrons. The van der Waals surface area contributed by atoms with E-state index in [2.05, 4.69) is 5.32 Å². The van der Waals surface area contributed by atoms with Crippen LogP contribution in [-0.4, -0.2) is 36.9 Å². The van der Waals surface area contributed by atoms with Crippen molar-refractivity contribution in [1.82, 2.24) is 0 Å². The van der Waals surface area contributed by atoms with Gasteiger partial charge in [-0.3, -0.25) is 0 Å². The number of rotatable bonds is 3. The highest BCUT2D eigenvalue weighted by molar-refractivity contribution is 7.99. The third kappa shape index (κ3) is 3.46. The lowest BCUT2D eigenvalue weighted by atomic mass is 9.85. The minimum Gasteiger partial charge on any atom is -0.494 e. The van der Waals surface area contributed by atoms with Crippen LogP contribution in [0.4, 0.5) is 10.1 Å². The van der Waals surface area contributed by atoms with Crippen LogP contribution in [0.25, 0.3) is 0 Å². The predicted molar refractivity (Wildman–Crippen MR) is 84.8 cm³/mol. The monoisotopic (exact) mass is 311 g/mol. The summed E-state index contributed by atoms with van der Waals surface area (Å²) in [6, 6.07) is 5.34. The molecule has 2 aliphatic rings. The lowest BCUT2D eigenvalue weighted by Crippen LogP contribution is -2.46. The molecule has 1 unspecified atom stereocenters. The molecule has 0 aromatic heterocycles. The van der Waals surface area contributed by atoms with Crippen molar-refractivity contribution in [3.8, 4) is 5.75 Å². The summed E-state index contributed by atoms with van der Waals surface area (Å²) in [7, 11) is 1.49. The highest BCUT2D eigenvalue weighted by Gasteiger charge is 2.38. The Kier molecular flexibility index (Phi) is 4.60. The van der Waals surface area contributed by atoms with Gasteiger partial charge >= 0.3 is 0 Å². The molecule has 0 amide bonds. The summed E-state index contributed by atoms with van der Waals surface area (Å²) >= 11 is 2.02. The molecular weight excluding hydrogens is 289 g/mol. The maximum absolute atomic E-state index is 13.5. The number of hydrogen-bond acceptors (Lipinski definition) is 4. The second-order valence-corrected chi connectivity index (χ2v) is 7.05. The van der Waals surface area contributed by atoms with E-state index in [0.29, 0.717) is 6.04 Å². The van der Waals surface area contributed by atoms with Gasteiger partial charge in [0.05, 0.1) is 12.7 Å². The number of ether oxygens (including phenoxy) is 2. The van der Waals surface area contributed by atoms with Gasteiger partial charge in [-0.1, -0.05) is 0 Å². The van der Waals surface area contributed by atoms with E-state index in [-0.39, 0.29) is 17.2 Å². The SMILES string of the molecule is COc1cc(NC2CCOC3(CCSCC3)C2)ccc1F. The Bertz CT molecular complexity index is 486. The summed E-state index contributed by atoms with van der Waals surface area (Å²) in [6.45, 7) is 0.806. The largest absolute Gasteiger partial charge is 0.494 e. The normalized spacial score (nSPS) is 24.8. The van der Waals surface area contributed by atoms with Gasteiger partial charge in [0, 0.05) is 24.4 Å². The summed E-state index contributed by atoms with van der Waals surface area (Å²) in [5, 5.41) is 3.52. The highest BCUT2D eigenvalue weighted by Crippen LogP contribution is 2.38. The van der Waals surface area contributed by atoms with E-state index in [9.17, 15) is 4.39 Å². The van der Waals surface area contributed by atoms with Crippen LogP contribution in [-0.2, 0) is 4.74 Å². The van der Waals surface area contributed by atoms with E-state index in [4.69, 9.17) is 9.47 Å². The molecule has 3 rings (SSSR count). The second-order valence-electron chi connectivity index (χ2n) is 5.83. The van der Waals surface area contributed by atoms with Gasteiger partial charge in [-0.2, -0.15) is 11.8 Å². The molecule has 1 aromatic carbocycles. The zero-order chi connectivity index (χ0) is 14.7. The van der Waals surface area contributed by atoms with Gasteiger partial charge in [-0.25, -0.2) is 4.39 Å². The molecule has 1 aromatic rings. The molecule has 2 saturated heterocycles. The van der Waals surface area contributed by atoms with Crippen molar-refractivity contribution in [2.75, 3.05) is 30.5 Å². The minimum atomic E-state index is -0.323. The average Bonchev–Trinajstić information content (AvgIpc) is 2.50. The lowest BCUT2D eigenvalue weighted by molar-refractivity contribution is -0.0865. The molecule has 2 heterocycles. The number of anilines is 1. The van der Waals surface area contributed by atoms with Crippen LogP contribution >= 0.6 is 11.8 Å². The number of nitrogens with one attached hydrogen (secondary N) is 1. The van der Waals surface area contributed by atoms with Gasteiger partial charge in [0.1, 0.15) is 0 Å². The molecule has 0 radical (unpaired) electrons. The van der Waals surface area contributed by atoms with E-state index >= 15 is 0 Å². The van der Waals surface area contributed by atoms with E-state index in [1.54, 1.807) is 12.1 Å². The Morgan fingerprint density at radius 3 is 2.95 bits per heavy atom. The zero-order valence-corrected chi connectivity index (χ0v) is 13.2. The molecule has 1 spiro atoms. The van der Waals surface area contributed by atoms with Crippen LogP contribution in [0, 0.1) is 5.82 Å². The second kappa shape index (κ2) is 6.44. The predicted octanol–water partition coefficient (Wildman–Crippen LogP) is 3.69. The van der Waals surface area contributed by atoms with Crippen molar-refractivity contribution in [3.05, 3.63) is 24.0 Å². The maximum atomic E-state index is 13.5. The third-order valence-corrected chi connectivity index (χ3v) is 5.40. The zero-order valence-electron chi connectivity index (χ0n) is 12.4. The summed E-state index contributed by atoms with van der Waals surface area (Å²) in [4.78, 5) is 0. The standard InChI is InChI=1S/C16H22FNO2S/c1-19-15-10-12(2-3-14(15)17)18-13-4-7-20-16(11-13)5-8-21-9-6-16/h2-3,10,13,18H,4-9,11H2,1H3. The fraction of sp³-hybridized carbons (Fsp3) is 0.625. The molecule has 0 aliphatic carbocycles. The molecule has 21 heavy (non-hydrogen) atoms. The molecule has 1 atom stereocenters. The molecule has 0 bridgehead atoms. The highest BCUT2D eigenvalue weighted by atomic mass is 32.2. The summed E-state index contributed by atoms with van der Waals surface area (Å²) in [6.07, 6.45) is 4.31. The van der Waals surface area contributed by atoms with Gasteiger partial charge in [-0.05, 0) is 49.3 Å². The van der Waals surface area contributed by atoms with Crippen molar-refractivity contribution in [2.24, 2.45) is 0 Å². The first-order valence-corrected chi connectivity index (χ1v) is 8.68. The van der Waals surface area contributed by atoms with Crippen LogP contribution in [0.3, 0.4) is 0 Å². The number of halogens is 1. The van der Waals surface area contributed by atoms with Crippen molar-refractivity contribution >= 4 is 17.4 Å². The Morgan fingerprint density at radius 1 is 1.38 bits per heavy atom. The first-order valence-electron chi connectivity index (χ1n) is 7.53. The molecule has 5 heteroatoms. The Hall–Kier alpha value is -0.940. The van der Waals surface area contributed by atoms with Crippen LogP contribution in [0.5, 0.6) is 5.75 Å². The van der Waals surface area contributed by atoms with Crippen LogP contribution in [0.15, 0.2) is 18.2 Å². The Morgan fingerprint density at radius 2 is 2.19 bits per heavy atom. The van der Waals surface area contributed by atoms with Gasteiger partial charge in [0.25, 0.3) is 0 Å². The number of methoxy groups -OCH3 is 1. The molecule has 3 nitrogen and oxygen atoms in total. The molecule has 1 N–H and O–H groups in total. The Balaban J connectivity index is 1.67. The van der Waals surface area contributed by atoms with E-state index < -0.39 is 0 Å². The van der Waals surface area contributed by atoms with E-state index in [1.165, 1.54) is 24.7 Å². The smallest absolute Gasteiger partial charge is 0.165 e. The number of thioether (sulfide) groups is 1. The van der Waals surface area contributed by atoms with Gasteiger partial charge in [0.15, 0.2) is 11.6 Å². The van der Waals surface area contributed by atoms with Crippen molar-refractivity contribution in [1.29, 1.82) is 0 Å². The third-order valence-electron chi connectivity index (χ3n) is 4.42. The van der Waals surface area contributed by atoms with E-state index in [1.807, 2.05) is 11.8 Å². The summed E-state index contributed by atoms with van der Waals surface area (Å²) < 4.78 is 24.6.